The fraction of sp³-hybridized carbons (Fsp3) is 0.400. The van der Waals surface area contributed by atoms with E-state index in [1.807, 2.05) is 6.92 Å². The molecule has 0 fully saturated rings. The van der Waals surface area contributed by atoms with Crippen molar-refractivity contribution in [2.24, 2.45) is 0 Å². The number of halogens is 1. The van der Waals surface area contributed by atoms with E-state index >= 15 is 0 Å². The first-order valence-electron chi connectivity index (χ1n) is 5.36. The van der Waals surface area contributed by atoms with E-state index in [0.717, 1.165) is 0 Å². The average molecular weight is 334 g/mol. The van der Waals surface area contributed by atoms with E-state index < -0.39 is 9.84 Å². The summed E-state index contributed by atoms with van der Waals surface area (Å²) >= 11 is 3.20. The Bertz CT molecular complexity index is 651. The number of aromatic nitrogens is 2. The normalized spacial score (nSPS) is 21.1. The Morgan fingerprint density at radius 2 is 2.33 bits per heavy atom. The van der Waals surface area contributed by atoms with Gasteiger partial charge in [-0.15, -0.1) is 0 Å². The maximum Gasteiger partial charge on any atom is 0.283 e. The van der Waals surface area contributed by atoms with Crippen molar-refractivity contribution in [3.05, 3.63) is 32.5 Å². The van der Waals surface area contributed by atoms with Crippen LogP contribution in [0.4, 0.5) is 5.69 Å². The molecular formula is C10H12BrN3O3S. The zero-order valence-corrected chi connectivity index (χ0v) is 12.0. The quantitative estimate of drug-likeness (QED) is 0.882. The minimum atomic E-state index is -3.11. The molecule has 0 amide bonds. The van der Waals surface area contributed by atoms with Crippen LogP contribution in [-0.2, 0) is 16.4 Å². The molecule has 0 aliphatic carbocycles. The van der Waals surface area contributed by atoms with Crippen LogP contribution in [0, 0.1) is 0 Å². The summed E-state index contributed by atoms with van der Waals surface area (Å²) in [6.07, 6.45) is 3.07. The van der Waals surface area contributed by atoms with Gasteiger partial charge in [0.15, 0.2) is 9.84 Å². The Hall–Kier alpha value is -1.15. The van der Waals surface area contributed by atoms with Gasteiger partial charge in [-0.1, -0.05) is 6.08 Å². The second-order valence-electron chi connectivity index (χ2n) is 3.90. The minimum Gasteiger partial charge on any atom is -0.375 e. The Morgan fingerprint density at radius 1 is 1.61 bits per heavy atom. The Labute approximate surface area is 113 Å². The predicted molar refractivity (Wildman–Crippen MR) is 72.2 cm³/mol. The van der Waals surface area contributed by atoms with Gasteiger partial charge in [0.05, 0.1) is 23.7 Å². The molecule has 98 valence electrons. The van der Waals surface area contributed by atoms with Crippen LogP contribution >= 0.6 is 15.9 Å². The van der Waals surface area contributed by atoms with Gasteiger partial charge in [0, 0.05) is 12.0 Å². The third kappa shape index (κ3) is 2.64. The largest absolute Gasteiger partial charge is 0.375 e. The van der Waals surface area contributed by atoms with Crippen LogP contribution in [0.3, 0.4) is 0 Å². The molecule has 1 N–H and O–H groups in total. The summed E-state index contributed by atoms with van der Waals surface area (Å²) in [6, 6.07) is -0.329. The zero-order chi connectivity index (χ0) is 13.3. The molecule has 1 aliphatic rings. The van der Waals surface area contributed by atoms with Crippen molar-refractivity contribution in [2.75, 3.05) is 11.1 Å². The molecule has 1 aromatic rings. The molecular weight excluding hydrogens is 322 g/mol. The van der Waals surface area contributed by atoms with Crippen molar-refractivity contribution < 1.29 is 8.42 Å². The van der Waals surface area contributed by atoms with E-state index in [0.29, 0.717) is 16.7 Å². The monoisotopic (exact) mass is 333 g/mol. The van der Waals surface area contributed by atoms with Crippen LogP contribution in [0.1, 0.15) is 6.92 Å². The first-order chi connectivity index (χ1) is 8.43. The standard InChI is InChI=1S/C10H12BrN3O3S/c1-2-14-10(15)9(11)8(5-12-14)13-7-3-4-18(16,17)6-7/h3-5,7,13H,2,6H2,1H3. The minimum absolute atomic E-state index is 0.00367. The highest BCUT2D eigenvalue weighted by atomic mass is 79.9. The molecule has 0 bridgehead atoms. The summed E-state index contributed by atoms with van der Waals surface area (Å²) in [7, 11) is -3.11. The molecule has 1 aliphatic heterocycles. The molecule has 0 spiro atoms. The van der Waals surface area contributed by atoms with Gasteiger partial charge in [0.1, 0.15) is 4.47 Å². The maximum absolute atomic E-state index is 11.8. The van der Waals surface area contributed by atoms with Crippen LogP contribution in [0.25, 0.3) is 0 Å². The number of nitrogens with one attached hydrogen (secondary N) is 1. The van der Waals surface area contributed by atoms with Gasteiger partial charge in [0.2, 0.25) is 0 Å². The van der Waals surface area contributed by atoms with Crippen LogP contribution in [-0.4, -0.2) is 30.0 Å². The molecule has 1 atom stereocenters. The summed E-state index contributed by atoms with van der Waals surface area (Å²) < 4.78 is 24.2. The van der Waals surface area contributed by atoms with Gasteiger partial charge in [-0.25, -0.2) is 13.1 Å². The molecule has 2 heterocycles. The topological polar surface area (TPSA) is 81.1 Å². The van der Waals surface area contributed by atoms with E-state index in [4.69, 9.17) is 0 Å². The van der Waals surface area contributed by atoms with Gasteiger partial charge in [-0.05, 0) is 22.9 Å². The van der Waals surface area contributed by atoms with Gasteiger partial charge in [-0.3, -0.25) is 4.79 Å². The number of hydrogen-bond acceptors (Lipinski definition) is 5. The summed E-state index contributed by atoms with van der Waals surface area (Å²) in [5.41, 5.74) is 0.254. The maximum atomic E-state index is 11.8. The number of rotatable bonds is 3. The summed E-state index contributed by atoms with van der Waals surface area (Å²) in [5.74, 6) is -0.00367. The predicted octanol–water partition coefficient (Wildman–Crippen LogP) is 0.748. The van der Waals surface area contributed by atoms with E-state index in [2.05, 4.69) is 26.3 Å². The molecule has 2 rings (SSSR count). The number of nitrogens with zero attached hydrogens (tertiary/aromatic N) is 2. The summed E-state index contributed by atoms with van der Waals surface area (Å²) in [4.78, 5) is 11.8. The van der Waals surface area contributed by atoms with Gasteiger partial charge in [-0.2, -0.15) is 5.10 Å². The van der Waals surface area contributed by atoms with Gasteiger partial charge < -0.3 is 5.32 Å². The molecule has 8 heteroatoms. The molecule has 0 saturated heterocycles. The van der Waals surface area contributed by atoms with Crippen molar-refractivity contribution in [3.63, 3.8) is 0 Å². The molecule has 18 heavy (non-hydrogen) atoms. The lowest BCUT2D eigenvalue weighted by atomic mass is 10.3. The zero-order valence-electron chi connectivity index (χ0n) is 9.63. The second-order valence-corrected chi connectivity index (χ2v) is 6.63. The first kappa shape index (κ1) is 13.3. The molecule has 0 aromatic carbocycles. The number of aryl methyl sites for hydroxylation is 1. The highest BCUT2D eigenvalue weighted by Gasteiger charge is 2.22. The Morgan fingerprint density at radius 3 is 2.89 bits per heavy atom. The fourth-order valence-corrected chi connectivity index (χ4v) is 3.31. The number of sulfone groups is 1. The van der Waals surface area contributed by atoms with E-state index in [9.17, 15) is 13.2 Å². The lowest BCUT2D eigenvalue weighted by molar-refractivity contribution is 0.604. The third-order valence-electron chi connectivity index (χ3n) is 2.56. The molecule has 6 nitrogen and oxygen atoms in total. The molecule has 1 aromatic heterocycles. The van der Waals surface area contributed by atoms with Crippen molar-refractivity contribution in [1.29, 1.82) is 0 Å². The van der Waals surface area contributed by atoms with E-state index in [-0.39, 0.29) is 17.4 Å². The SMILES string of the molecule is CCn1ncc(NC2C=CS(=O)(=O)C2)c(Br)c1=O. The highest BCUT2D eigenvalue weighted by molar-refractivity contribution is 9.10. The first-order valence-corrected chi connectivity index (χ1v) is 7.87. The number of hydrogen-bond donors (Lipinski definition) is 1. The van der Waals surface area contributed by atoms with Crippen molar-refractivity contribution in [3.8, 4) is 0 Å². The van der Waals surface area contributed by atoms with E-state index in [1.165, 1.54) is 16.3 Å². The van der Waals surface area contributed by atoms with Crippen molar-refractivity contribution >= 4 is 31.5 Å². The van der Waals surface area contributed by atoms with E-state index in [1.54, 1.807) is 6.08 Å². The molecule has 1 unspecified atom stereocenters. The second kappa shape index (κ2) is 4.85. The van der Waals surface area contributed by atoms with Crippen LogP contribution in [0.15, 0.2) is 26.9 Å². The summed E-state index contributed by atoms with van der Waals surface area (Å²) in [6.45, 7) is 2.30. The molecule has 0 saturated carbocycles. The average Bonchev–Trinajstić information content (AvgIpc) is 2.65. The van der Waals surface area contributed by atoms with Crippen LogP contribution in [0.2, 0.25) is 0 Å². The van der Waals surface area contributed by atoms with Crippen LogP contribution in [0.5, 0.6) is 0 Å². The fourth-order valence-electron chi connectivity index (χ4n) is 1.66. The third-order valence-corrected chi connectivity index (χ3v) is 4.72. The Kier molecular flexibility index (Phi) is 3.58. The Balaban J connectivity index is 2.24. The van der Waals surface area contributed by atoms with Crippen molar-refractivity contribution in [2.45, 2.75) is 19.5 Å². The lowest BCUT2D eigenvalue weighted by Gasteiger charge is -2.13. The highest BCUT2D eigenvalue weighted by Crippen LogP contribution is 2.20. The van der Waals surface area contributed by atoms with Gasteiger partial charge >= 0.3 is 0 Å². The van der Waals surface area contributed by atoms with Crippen molar-refractivity contribution in [1.82, 2.24) is 9.78 Å². The molecule has 0 radical (unpaired) electrons. The van der Waals surface area contributed by atoms with Gasteiger partial charge in [0.25, 0.3) is 5.56 Å². The van der Waals surface area contributed by atoms with Crippen LogP contribution < -0.4 is 10.9 Å². The summed E-state index contributed by atoms with van der Waals surface area (Å²) in [5, 5.41) is 8.12. The lowest BCUT2D eigenvalue weighted by Crippen LogP contribution is -2.27. The number of anilines is 1. The smallest absolute Gasteiger partial charge is 0.283 e.